The standard InChI is InChI=1S/C20H17ClN2O2/c21-17-10-5-4-9-16(17)14-23-12-6-11-18(20(23)25)22-19(24)13-15-7-2-1-3-8-15/h1-12H,13-14H2,(H,22,24). The van der Waals surface area contributed by atoms with Crippen LogP contribution in [0.15, 0.2) is 77.7 Å². The molecule has 5 heteroatoms. The van der Waals surface area contributed by atoms with Crippen molar-refractivity contribution in [1.29, 1.82) is 0 Å². The molecule has 126 valence electrons. The number of benzene rings is 2. The molecule has 0 bridgehead atoms. The van der Waals surface area contributed by atoms with E-state index in [1.807, 2.05) is 48.5 Å². The Morgan fingerprint density at radius 2 is 1.68 bits per heavy atom. The number of halogens is 1. The van der Waals surface area contributed by atoms with Crippen LogP contribution >= 0.6 is 11.6 Å². The highest BCUT2D eigenvalue weighted by atomic mass is 35.5. The van der Waals surface area contributed by atoms with Crippen molar-refractivity contribution in [1.82, 2.24) is 4.57 Å². The molecular weight excluding hydrogens is 336 g/mol. The molecule has 1 heterocycles. The lowest BCUT2D eigenvalue weighted by Crippen LogP contribution is -2.26. The number of anilines is 1. The van der Waals surface area contributed by atoms with E-state index in [0.29, 0.717) is 11.6 Å². The topological polar surface area (TPSA) is 51.1 Å². The van der Waals surface area contributed by atoms with Gasteiger partial charge in [-0.05, 0) is 29.3 Å². The number of rotatable bonds is 5. The van der Waals surface area contributed by atoms with Gasteiger partial charge < -0.3 is 9.88 Å². The third-order valence-corrected chi connectivity index (χ3v) is 4.17. The molecule has 1 amide bonds. The molecule has 0 aliphatic rings. The number of aromatic nitrogens is 1. The maximum absolute atomic E-state index is 12.6. The minimum Gasteiger partial charge on any atom is -0.321 e. The quantitative estimate of drug-likeness (QED) is 0.760. The predicted octanol–water partition coefficient (Wildman–Crippen LogP) is 3.73. The smallest absolute Gasteiger partial charge is 0.274 e. The van der Waals surface area contributed by atoms with Crippen molar-refractivity contribution in [2.75, 3.05) is 5.32 Å². The van der Waals surface area contributed by atoms with Crippen LogP contribution in [0.25, 0.3) is 0 Å². The summed E-state index contributed by atoms with van der Waals surface area (Å²) >= 11 is 6.16. The summed E-state index contributed by atoms with van der Waals surface area (Å²) in [7, 11) is 0. The van der Waals surface area contributed by atoms with E-state index in [1.54, 1.807) is 24.4 Å². The van der Waals surface area contributed by atoms with Gasteiger partial charge in [-0.1, -0.05) is 60.1 Å². The Morgan fingerprint density at radius 1 is 0.960 bits per heavy atom. The Bertz CT molecular complexity index is 936. The molecule has 3 rings (SSSR count). The SMILES string of the molecule is O=C(Cc1ccccc1)Nc1cccn(Cc2ccccc2Cl)c1=O. The van der Waals surface area contributed by atoms with Gasteiger partial charge in [-0.15, -0.1) is 0 Å². The van der Waals surface area contributed by atoms with E-state index in [9.17, 15) is 9.59 Å². The van der Waals surface area contributed by atoms with Gasteiger partial charge in [0.15, 0.2) is 0 Å². The van der Waals surface area contributed by atoms with Crippen LogP contribution in [0.4, 0.5) is 5.69 Å². The fourth-order valence-corrected chi connectivity index (χ4v) is 2.74. The number of hydrogen-bond donors (Lipinski definition) is 1. The van der Waals surface area contributed by atoms with Crippen LogP contribution in [0.5, 0.6) is 0 Å². The van der Waals surface area contributed by atoms with Crippen LogP contribution < -0.4 is 10.9 Å². The predicted molar refractivity (Wildman–Crippen MR) is 100 cm³/mol. The van der Waals surface area contributed by atoms with Crippen molar-refractivity contribution in [2.45, 2.75) is 13.0 Å². The zero-order valence-corrected chi connectivity index (χ0v) is 14.2. The van der Waals surface area contributed by atoms with Crippen LogP contribution in [0.1, 0.15) is 11.1 Å². The maximum atomic E-state index is 12.6. The van der Waals surface area contributed by atoms with Gasteiger partial charge in [0.05, 0.1) is 13.0 Å². The first-order chi connectivity index (χ1) is 12.1. The Balaban J connectivity index is 1.76. The lowest BCUT2D eigenvalue weighted by molar-refractivity contribution is -0.115. The zero-order chi connectivity index (χ0) is 17.6. The first-order valence-corrected chi connectivity index (χ1v) is 8.28. The van der Waals surface area contributed by atoms with Gasteiger partial charge in [0.1, 0.15) is 5.69 Å². The summed E-state index contributed by atoms with van der Waals surface area (Å²) in [5.41, 5.74) is 1.74. The first-order valence-electron chi connectivity index (χ1n) is 7.90. The summed E-state index contributed by atoms with van der Waals surface area (Å²) in [5, 5.41) is 3.30. The van der Waals surface area contributed by atoms with Gasteiger partial charge in [-0.2, -0.15) is 0 Å². The Kier molecular flexibility index (Phi) is 5.31. The summed E-state index contributed by atoms with van der Waals surface area (Å²) in [6.07, 6.45) is 1.90. The highest BCUT2D eigenvalue weighted by Crippen LogP contribution is 2.15. The summed E-state index contributed by atoms with van der Waals surface area (Å²) in [6.45, 7) is 0.348. The number of nitrogens with one attached hydrogen (secondary N) is 1. The van der Waals surface area contributed by atoms with Crippen molar-refractivity contribution >= 4 is 23.2 Å². The van der Waals surface area contributed by atoms with Gasteiger partial charge in [0.2, 0.25) is 5.91 Å². The third-order valence-electron chi connectivity index (χ3n) is 3.80. The molecule has 0 aliphatic carbocycles. The molecule has 0 saturated heterocycles. The molecule has 0 unspecified atom stereocenters. The van der Waals surface area contributed by atoms with Crippen molar-refractivity contribution in [2.24, 2.45) is 0 Å². The number of carbonyl (C=O) groups excluding carboxylic acids is 1. The molecule has 0 spiro atoms. The maximum Gasteiger partial charge on any atom is 0.274 e. The Hall–Kier alpha value is -2.85. The zero-order valence-electron chi connectivity index (χ0n) is 13.5. The largest absolute Gasteiger partial charge is 0.321 e. The van der Waals surface area contributed by atoms with Gasteiger partial charge in [-0.25, -0.2) is 0 Å². The minimum absolute atomic E-state index is 0.222. The van der Waals surface area contributed by atoms with E-state index in [1.165, 1.54) is 4.57 Å². The molecular formula is C20H17ClN2O2. The van der Waals surface area contributed by atoms with Crippen LogP contribution in [-0.4, -0.2) is 10.5 Å². The van der Waals surface area contributed by atoms with Crippen LogP contribution in [-0.2, 0) is 17.8 Å². The monoisotopic (exact) mass is 352 g/mol. The second-order valence-electron chi connectivity index (χ2n) is 5.66. The van der Waals surface area contributed by atoms with E-state index in [-0.39, 0.29) is 23.6 Å². The fraction of sp³-hybridized carbons (Fsp3) is 0.100. The van der Waals surface area contributed by atoms with Crippen LogP contribution in [0.2, 0.25) is 5.02 Å². The summed E-state index contributed by atoms with van der Waals surface area (Å²) in [6, 6.07) is 20.1. The molecule has 2 aromatic carbocycles. The Morgan fingerprint density at radius 3 is 2.44 bits per heavy atom. The van der Waals surface area contributed by atoms with Crippen LogP contribution in [0, 0.1) is 0 Å². The highest BCUT2D eigenvalue weighted by molar-refractivity contribution is 6.31. The second-order valence-corrected chi connectivity index (χ2v) is 6.06. The second kappa shape index (κ2) is 7.81. The van der Waals surface area contributed by atoms with Crippen molar-refractivity contribution in [3.8, 4) is 0 Å². The number of nitrogens with zero attached hydrogens (tertiary/aromatic N) is 1. The summed E-state index contributed by atoms with van der Waals surface area (Å²) in [5.74, 6) is -0.223. The van der Waals surface area contributed by atoms with Gasteiger partial charge >= 0.3 is 0 Å². The van der Waals surface area contributed by atoms with Gasteiger partial charge in [0, 0.05) is 11.2 Å². The average Bonchev–Trinajstić information content (AvgIpc) is 2.61. The Labute approximate surface area is 150 Å². The van der Waals surface area contributed by atoms with Crippen LogP contribution in [0.3, 0.4) is 0 Å². The molecule has 3 aromatic rings. The van der Waals surface area contributed by atoms with Gasteiger partial charge in [0.25, 0.3) is 5.56 Å². The van der Waals surface area contributed by atoms with Crippen molar-refractivity contribution in [3.05, 3.63) is 99.4 Å². The molecule has 25 heavy (non-hydrogen) atoms. The third kappa shape index (κ3) is 4.37. The first kappa shape index (κ1) is 17.0. The molecule has 4 nitrogen and oxygen atoms in total. The number of carbonyl (C=O) groups is 1. The fourth-order valence-electron chi connectivity index (χ4n) is 2.54. The average molecular weight is 353 g/mol. The van der Waals surface area contributed by atoms with Crippen molar-refractivity contribution < 1.29 is 4.79 Å². The molecule has 0 radical (unpaired) electrons. The molecule has 0 saturated carbocycles. The number of pyridine rings is 1. The van der Waals surface area contributed by atoms with E-state index in [2.05, 4.69) is 5.32 Å². The lowest BCUT2D eigenvalue weighted by atomic mass is 10.1. The molecule has 0 atom stereocenters. The molecule has 1 N–H and O–H groups in total. The number of hydrogen-bond acceptors (Lipinski definition) is 2. The molecule has 0 aliphatic heterocycles. The van der Waals surface area contributed by atoms with E-state index in [0.717, 1.165) is 11.1 Å². The minimum atomic E-state index is -0.260. The summed E-state index contributed by atoms with van der Waals surface area (Å²) in [4.78, 5) is 24.8. The van der Waals surface area contributed by atoms with E-state index >= 15 is 0 Å². The van der Waals surface area contributed by atoms with Crippen molar-refractivity contribution in [3.63, 3.8) is 0 Å². The summed E-state index contributed by atoms with van der Waals surface area (Å²) < 4.78 is 1.53. The highest BCUT2D eigenvalue weighted by Gasteiger charge is 2.09. The lowest BCUT2D eigenvalue weighted by Gasteiger charge is -2.10. The molecule has 1 aromatic heterocycles. The van der Waals surface area contributed by atoms with E-state index in [4.69, 9.17) is 11.6 Å². The van der Waals surface area contributed by atoms with Gasteiger partial charge in [-0.3, -0.25) is 9.59 Å². The number of amides is 1. The normalized spacial score (nSPS) is 10.4. The van der Waals surface area contributed by atoms with E-state index < -0.39 is 0 Å². The molecule has 0 fully saturated rings.